The van der Waals surface area contributed by atoms with Gasteiger partial charge >= 0.3 is 6.09 Å². The first-order valence-electron chi connectivity index (χ1n) is 10.1. The van der Waals surface area contributed by atoms with Gasteiger partial charge in [-0.1, -0.05) is 49.4 Å². The van der Waals surface area contributed by atoms with Gasteiger partial charge in [0.25, 0.3) is 5.91 Å². The summed E-state index contributed by atoms with van der Waals surface area (Å²) in [7, 11) is 0. The van der Waals surface area contributed by atoms with Gasteiger partial charge in [-0.25, -0.2) is 4.79 Å². The van der Waals surface area contributed by atoms with E-state index in [0.717, 1.165) is 12.8 Å². The standard InChI is InChI=1S/C23H26N2O4/c1-2-23-16-24(13-14-25(23)22(27)29-17-23)21(26)19-10-6-7-11-20(19)28-15-12-18-8-4-3-5-9-18/h3-11H,2,12-17H2,1H3. The molecule has 152 valence electrons. The molecule has 1 unspecified atom stereocenters. The fraction of sp³-hybridized carbons (Fsp3) is 0.391. The van der Waals surface area contributed by atoms with Crippen molar-refractivity contribution in [3.8, 4) is 5.75 Å². The molecule has 6 nitrogen and oxygen atoms in total. The van der Waals surface area contributed by atoms with Crippen molar-refractivity contribution in [3.63, 3.8) is 0 Å². The van der Waals surface area contributed by atoms with Crippen LogP contribution in [0.2, 0.25) is 0 Å². The van der Waals surface area contributed by atoms with E-state index < -0.39 is 5.54 Å². The normalized spacial score (nSPS) is 20.9. The monoisotopic (exact) mass is 394 g/mol. The van der Waals surface area contributed by atoms with E-state index >= 15 is 0 Å². The summed E-state index contributed by atoms with van der Waals surface area (Å²) in [5.74, 6) is 0.535. The molecule has 0 radical (unpaired) electrons. The maximum absolute atomic E-state index is 13.3. The molecule has 6 heteroatoms. The first-order valence-corrected chi connectivity index (χ1v) is 10.1. The molecule has 4 rings (SSSR count). The number of hydrogen-bond donors (Lipinski definition) is 0. The number of carbonyl (C=O) groups is 2. The summed E-state index contributed by atoms with van der Waals surface area (Å²) in [6.07, 6.45) is 1.25. The van der Waals surface area contributed by atoms with Crippen LogP contribution >= 0.6 is 0 Å². The fourth-order valence-corrected chi connectivity index (χ4v) is 4.10. The van der Waals surface area contributed by atoms with Gasteiger partial charge in [0.1, 0.15) is 12.4 Å². The van der Waals surface area contributed by atoms with Gasteiger partial charge in [-0.15, -0.1) is 0 Å². The molecular weight excluding hydrogens is 368 g/mol. The highest BCUT2D eigenvalue weighted by Gasteiger charge is 2.50. The zero-order valence-electron chi connectivity index (χ0n) is 16.7. The molecule has 2 aromatic rings. The lowest BCUT2D eigenvalue weighted by atomic mass is 9.92. The van der Waals surface area contributed by atoms with E-state index in [2.05, 4.69) is 12.1 Å². The minimum absolute atomic E-state index is 0.0628. The largest absolute Gasteiger partial charge is 0.492 e. The Bertz CT molecular complexity index is 885. The maximum Gasteiger partial charge on any atom is 0.410 e. The number of piperazine rings is 1. The van der Waals surface area contributed by atoms with Crippen LogP contribution in [0.25, 0.3) is 0 Å². The van der Waals surface area contributed by atoms with Crippen LogP contribution in [0, 0.1) is 0 Å². The summed E-state index contributed by atoms with van der Waals surface area (Å²) in [5, 5.41) is 0. The summed E-state index contributed by atoms with van der Waals surface area (Å²) >= 11 is 0. The van der Waals surface area contributed by atoms with Crippen molar-refractivity contribution in [2.75, 3.05) is 32.8 Å². The van der Waals surface area contributed by atoms with Crippen molar-refractivity contribution in [2.45, 2.75) is 25.3 Å². The minimum atomic E-state index is -0.423. The lowest BCUT2D eigenvalue weighted by Crippen LogP contribution is -2.62. The highest BCUT2D eigenvalue weighted by molar-refractivity contribution is 5.97. The van der Waals surface area contributed by atoms with Crippen LogP contribution in [0.15, 0.2) is 54.6 Å². The lowest BCUT2D eigenvalue weighted by Gasteiger charge is -2.44. The number of fused-ring (bicyclic) bond motifs is 1. The van der Waals surface area contributed by atoms with Gasteiger partial charge in [-0.3, -0.25) is 9.69 Å². The molecule has 0 bridgehead atoms. The zero-order chi connectivity index (χ0) is 20.3. The van der Waals surface area contributed by atoms with Gasteiger partial charge in [-0.2, -0.15) is 0 Å². The Morgan fingerprint density at radius 1 is 1.10 bits per heavy atom. The summed E-state index contributed by atoms with van der Waals surface area (Å²) < 4.78 is 11.2. The average molecular weight is 394 g/mol. The number of nitrogens with zero attached hydrogens (tertiary/aromatic N) is 2. The summed E-state index contributed by atoms with van der Waals surface area (Å²) in [5.41, 5.74) is 1.34. The van der Waals surface area contributed by atoms with Crippen LogP contribution in [-0.4, -0.2) is 60.2 Å². The molecule has 2 aromatic carbocycles. The molecule has 0 aromatic heterocycles. The topological polar surface area (TPSA) is 59.1 Å². The quantitative estimate of drug-likeness (QED) is 0.754. The number of rotatable bonds is 6. The van der Waals surface area contributed by atoms with Gasteiger partial charge < -0.3 is 14.4 Å². The van der Waals surface area contributed by atoms with Crippen LogP contribution in [0.3, 0.4) is 0 Å². The van der Waals surface area contributed by atoms with Crippen LogP contribution in [0.1, 0.15) is 29.3 Å². The third-order valence-corrected chi connectivity index (χ3v) is 5.89. The van der Waals surface area contributed by atoms with Crippen LogP contribution in [0.4, 0.5) is 4.79 Å². The Balaban J connectivity index is 1.46. The number of amides is 2. The highest BCUT2D eigenvalue weighted by atomic mass is 16.6. The van der Waals surface area contributed by atoms with Gasteiger partial charge in [-0.05, 0) is 24.1 Å². The van der Waals surface area contributed by atoms with Gasteiger partial charge in [0, 0.05) is 26.1 Å². The van der Waals surface area contributed by atoms with E-state index in [4.69, 9.17) is 9.47 Å². The molecule has 0 spiro atoms. The molecule has 29 heavy (non-hydrogen) atoms. The second-order valence-electron chi connectivity index (χ2n) is 7.59. The number of benzene rings is 2. The van der Waals surface area contributed by atoms with Crippen molar-refractivity contribution in [2.24, 2.45) is 0 Å². The van der Waals surface area contributed by atoms with Gasteiger partial charge in [0.05, 0.1) is 17.7 Å². The summed E-state index contributed by atoms with van der Waals surface area (Å²) in [6.45, 7) is 4.34. The summed E-state index contributed by atoms with van der Waals surface area (Å²) in [6, 6.07) is 17.5. The number of cyclic esters (lactones) is 1. The van der Waals surface area contributed by atoms with E-state index in [1.54, 1.807) is 4.90 Å². The third-order valence-electron chi connectivity index (χ3n) is 5.89. The Morgan fingerprint density at radius 3 is 2.66 bits per heavy atom. The molecule has 2 fully saturated rings. The highest BCUT2D eigenvalue weighted by Crippen LogP contribution is 2.33. The maximum atomic E-state index is 13.3. The van der Waals surface area contributed by atoms with Crippen molar-refractivity contribution < 1.29 is 19.1 Å². The predicted octanol–water partition coefficient (Wildman–Crippen LogP) is 3.36. The first-order chi connectivity index (χ1) is 14.1. The summed E-state index contributed by atoms with van der Waals surface area (Å²) in [4.78, 5) is 28.9. The van der Waals surface area contributed by atoms with Crippen LogP contribution < -0.4 is 4.74 Å². The molecule has 2 heterocycles. The van der Waals surface area contributed by atoms with E-state index in [1.807, 2.05) is 54.3 Å². The molecule has 2 aliphatic rings. The van der Waals surface area contributed by atoms with Crippen LogP contribution in [-0.2, 0) is 11.2 Å². The lowest BCUT2D eigenvalue weighted by molar-refractivity contribution is 0.0359. The molecule has 2 amide bonds. The fourth-order valence-electron chi connectivity index (χ4n) is 4.10. The van der Waals surface area contributed by atoms with Crippen molar-refractivity contribution >= 4 is 12.0 Å². The molecule has 2 saturated heterocycles. The Kier molecular flexibility index (Phi) is 5.43. The van der Waals surface area contributed by atoms with Gasteiger partial charge in [0.15, 0.2) is 0 Å². The zero-order valence-corrected chi connectivity index (χ0v) is 16.7. The third kappa shape index (κ3) is 3.79. The Morgan fingerprint density at radius 2 is 1.86 bits per heavy atom. The van der Waals surface area contributed by atoms with Gasteiger partial charge in [0.2, 0.25) is 0 Å². The van der Waals surface area contributed by atoms with Crippen LogP contribution in [0.5, 0.6) is 5.75 Å². The first kappa shape index (κ1) is 19.3. The average Bonchev–Trinajstić information content (AvgIpc) is 3.11. The second kappa shape index (κ2) is 8.15. The van der Waals surface area contributed by atoms with E-state index in [0.29, 0.717) is 44.2 Å². The van der Waals surface area contributed by atoms with E-state index in [9.17, 15) is 9.59 Å². The van der Waals surface area contributed by atoms with Crippen molar-refractivity contribution in [1.29, 1.82) is 0 Å². The van der Waals surface area contributed by atoms with Crippen molar-refractivity contribution in [3.05, 3.63) is 65.7 Å². The minimum Gasteiger partial charge on any atom is -0.492 e. The smallest absolute Gasteiger partial charge is 0.410 e. The molecule has 0 aliphatic carbocycles. The van der Waals surface area contributed by atoms with E-state index in [-0.39, 0.29) is 12.0 Å². The SMILES string of the molecule is CCC12COC(=O)N1CCN(C(=O)c1ccccc1OCCc1ccccc1)C2. The Hall–Kier alpha value is -3.02. The molecular formula is C23H26N2O4. The number of carbonyl (C=O) groups excluding carboxylic acids is 2. The molecule has 2 aliphatic heterocycles. The number of hydrogen-bond acceptors (Lipinski definition) is 4. The molecule has 1 atom stereocenters. The Labute approximate surface area is 171 Å². The number of ether oxygens (including phenoxy) is 2. The second-order valence-corrected chi connectivity index (χ2v) is 7.59. The number of para-hydroxylation sites is 1. The predicted molar refractivity (Wildman–Crippen MR) is 109 cm³/mol. The molecule has 0 N–H and O–H groups in total. The van der Waals surface area contributed by atoms with Crippen molar-refractivity contribution in [1.82, 2.24) is 9.80 Å². The van der Waals surface area contributed by atoms with E-state index in [1.165, 1.54) is 5.56 Å². The molecule has 0 saturated carbocycles.